The Balaban J connectivity index is 2.22. The molecule has 0 fully saturated rings. The molecule has 0 aromatic heterocycles. The zero-order chi connectivity index (χ0) is 22.6. The van der Waals surface area contributed by atoms with Crippen LogP contribution in [0.4, 0.5) is 22.0 Å². The van der Waals surface area contributed by atoms with Gasteiger partial charge in [0, 0.05) is 4.57 Å². The Labute approximate surface area is 168 Å². The highest BCUT2D eigenvalue weighted by molar-refractivity contribution is 7.37. The van der Waals surface area contributed by atoms with Crippen molar-refractivity contribution in [2.45, 2.75) is 32.9 Å². The van der Waals surface area contributed by atoms with Gasteiger partial charge in [0.2, 0.25) is 40.6 Å². The molecule has 6 nitrogen and oxygen atoms in total. The molecule has 0 aliphatic heterocycles. The average molecular weight is 452 g/mol. The van der Waals surface area contributed by atoms with E-state index >= 15 is 0 Å². The minimum atomic E-state index is -2.75. The lowest BCUT2D eigenvalue weighted by atomic mass is 10.2. The van der Waals surface area contributed by atoms with E-state index in [2.05, 4.69) is 5.09 Å². The molecule has 162 valence electrons. The molecule has 0 radical (unpaired) electrons. The number of hydrogen-bond donors (Lipinski definition) is 1. The minimum absolute atomic E-state index is 0.348. The summed E-state index contributed by atoms with van der Waals surface area (Å²) in [5, 5.41) is 2.31. The van der Waals surface area contributed by atoms with Crippen LogP contribution in [-0.2, 0) is 14.1 Å². The van der Waals surface area contributed by atoms with E-state index in [0.717, 1.165) is 6.07 Å². The lowest BCUT2D eigenvalue weighted by Crippen LogP contribution is -2.33. The molecule has 2 aromatic rings. The number of esters is 1. The summed E-state index contributed by atoms with van der Waals surface area (Å²) in [6.07, 6.45) is -0.407. The largest absolute Gasteiger partial charge is 0.664 e. The quantitative estimate of drug-likeness (QED) is 0.197. The van der Waals surface area contributed by atoms with Crippen LogP contribution in [0.2, 0.25) is 0 Å². The van der Waals surface area contributed by atoms with Crippen LogP contribution < -0.4 is 14.3 Å². The van der Waals surface area contributed by atoms with E-state index in [1.807, 2.05) is 0 Å². The number of benzene rings is 2. The molecule has 12 heteroatoms. The van der Waals surface area contributed by atoms with Crippen molar-refractivity contribution in [3.8, 4) is 17.2 Å². The van der Waals surface area contributed by atoms with E-state index in [1.54, 1.807) is 13.8 Å². The lowest BCUT2D eigenvalue weighted by Gasteiger charge is -2.12. The molecule has 1 unspecified atom stereocenters. The fourth-order valence-corrected chi connectivity index (χ4v) is 2.86. The van der Waals surface area contributed by atoms with Crippen molar-refractivity contribution in [3.63, 3.8) is 0 Å². The van der Waals surface area contributed by atoms with Crippen molar-refractivity contribution < 1.29 is 45.3 Å². The van der Waals surface area contributed by atoms with Crippen LogP contribution in [0.3, 0.4) is 0 Å². The van der Waals surface area contributed by atoms with Crippen LogP contribution >= 0.6 is 8.18 Å². The van der Waals surface area contributed by atoms with Gasteiger partial charge >= 0.3 is 14.1 Å². The van der Waals surface area contributed by atoms with Crippen molar-refractivity contribution >= 4 is 14.1 Å². The predicted octanol–water partition coefficient (Wildman–Crippen LogP) is 5.14. The zero-order valence-electron chi connectivity index (χ0n) is 15.8. The Morgan fingerprint density at radius 3 is 1.93 bits per heavy atom. The minimum Gasteiger partial charge on any atom is -0.462 e. The first-order chi connectivity index (χ1) is 14.0. The van der Waals surface area contributed by atoms with E-state index in [4.69, 9.17) is 14.0 Å². The fourth-order valence-electron chi connectivity index (χ4n) is 2.06. The summed E-state index contributed by atoms with van der Waals surface area (Å²) in [6, 6.07) is 3.93. The van der Waals surface area contributed by atoms with Crippen LogP contribution in [0.5, 0.6) is 17.2 Å². The zero-order valence-corrected chi connectivity index (χ0v) is 16.7. The van der Waals surface area contributed by atoms with Crippen LogP contribution in [0, 0.1) is 29.1 Å². The molecule has 2 atom stereocenters. The van der Waals surface area contributed by atoms with Gasteiger partial charge in [-0.1, -0.05) is 17.2 Å². The summed E-state index contributed by atoms with van der Waals surface area (Å²) >= 11 is 0. The first-order valence-electron chi connectivity index (χ1n) is 8.43. The van der Waals surface area contributed by atoms with Crippen molar-refractivity contribution in [1.29, 1.82) is 0 Å². The summed E-state index contributed by atoms with van der Waals surface area (Å²) < 4.78 is 94.5. The van der Waals surface area contributed by atoms with Crippen LogP contribution in [0.1, 0.15) is 20.8 Å². The molecule has 0 aliphatic rings. The Morgan fingerprint density at radius 1 is 0.900 bits per heavy atom. The number of nitrogens with one attached hydrogen (secondary N) is 1. The van der Waals surface area contributed by atoms with Crippen molar-refractivity contribution in [1.82, 2.24) is 5.09 Å². The smallest absolute Gasteiger partial charge is 0.462 e. The first-order valence-corrected chi connectivity index (χ1v) is 9.60. The van der Waals surface area contributed by atoms with E-state index in [0.29, 0.717) is 0 Å². The second-order valence-corrected chi connectivity index (χ2v) is 7.09. The summed E-state index contributed by atoms with van der Waals surface area (Å²) in [4.78, 5) is 11.7. The third-order valence-corrected chi connectivity index (χ3v) is 4.38. The Hall–Kier alpha value is -2.78. The molecule has 1 N–H and O–H groups in total. The molecule has 0 saturated carbocycles. The molecule has 0 bridgehead atoms. The number of ether oxygens (including phenoxy) is 2. The maximum absolute atomic E-state index is 13.8. The Bertz CT molecular complexity index is 943. The molecule has 0 heterocycles. The highest BCUT2D eigenvalue weighted by Crippen LogP contribution is 2.39. The summed E-state index contributed by atoms with van der Waals surface area (Å²) in [7, 11) is -2.75. The third-order valence-electron chi connectivity index (χ3n) is 3.42. The molecule has 0 spiro atoms. The summed E-state index contributed by atoms with van der Waals surface area (Å²) in [6.45, 7) is 4.60. The van der Waals surface area contributed by atoms with E-state index in [-0.39, 0.29) is 5.75 Å². The van der Waals surface area contributed by atoms with Gasteiger partial charge in [-0.15, -0.1) is 0 Å². The Kier molecular flexibility index (Phi) is 7.69. The second-order valence-electron chi connectivity index (χ2n) is 6.13. The number of carbonyl (C=O) groups is 1. The molecule has 0 aliphatic carbocycles. The van der Waals surface area contributed by atoms with Crippen molar-refractivity contribution in [2.24, 2.45) is 0 Å². The van der Waals surface area contributed by atoms with Gasteiger partial charge in [-0.3, -0.25) is 4.79 Å². The molecule has 2 rings (SSSR count). The second kappa shape index (κ2) is 9.82. The Morgan fingerprint density at radius 2 is 1.40 bits per heavy atom. The van der Waals surface area contributed by atoms with Gasteiger partial charge in [0.1, 0.15) is 6.04 Å². The number of carbonyl (C=O) groups excluding carboxylic acids is 1. The van der Waals surface area contributed by atoms with Gasteiger partial charge in [-0.05, 0) is 32.9 Å². The maximum atomic E-state index is 13.8. The highest BCUT2D eigenvalue weighted by atomic mass is 31.1. The predicted molar refractivity (Wildman–Crippen MR) is 94.8 cm³/mol. The van der Waals surface area contributed by atoms with Gasteiger partial charge in [0.25, 0.3) is 0 Å². The third kappa shape index (κ3) is 5.43. The molecule has 30 heavy (non-hydrogen) atoms. The number of para-hydroxylation sites is 2. The molecule has 0 saturated heterocycles. The van der Waals surface area contributed by atoms with Crippen LogP contribution in [0.15, 0.2) is 24.3 Å². The van der Waals surface area contributed by atoms with Gasteiger partial charge in [0.05, 0.1) is 6.10 Å². The molecule has 2 aromatic carbocycles. The van der Waals surface area contributed by atoms with Crippen molar-refractivity contribution in [3.05, 3.63) is 53.4 Å². The van der Waals surface area contributed by atoms with Gasteiger partial charge in [0.15, 0.2) is 5.75 Å². The van der Waals surface area contributed by atoms with Crippen LogP contribution in [0.25, 0.3) is 0 Å². The first kappa shape index (κ1) is 23.5. The molecular formula is C18H16F5NO5P+. The molecular weight excluding hydrogens is 436 g/mol. The van der Waals surface area contributed by atoms with E-state index in [9.17, 15) is 31.3 Å². The average Bonchev–Trinajstić information content (AvgIpc) is 2.68. The van der Waals surface area contributed by atoms with E-state index in [1.165, 1.54) is 25.1 Å². The maximum Gasteiger partial charge on any atom is 0.664 e. The van der Waals surface area contributed by atoms with Gasteiger partial charge < -0.3 is 9.47 Å². The lowest BCUT2D eigenvalue weighted by molar-refractivity contribution is -0.148. The number of hydrogen-bond acceptors (Lipinski definition) is 5. The normalized spacial score (nSPS) is 12.5. The van der Waals surface area contributed by atoms with Crippen molar-refractivity contribution in [2.75, 3.05) is 0 Å². The fraction of sp³-hybridized carbons (Fsp3) is 0.278. The van der Waals surface area contributed by atoms with Gasteiger partial charge in [-0.2, -0.15) is 8.78 Å². The molecule has 0 amide bonds. The highest BCUT2D eigenvalue weighted by Gasteiger charge is 2.32. The van der Waals surface area contributed by atoms with Gasteiger partial charge in [-0.25, -0.2) is 17.7 Å². The monoisotopic (exact) mass is 452 g/mol. The summed E-state index contributed by atoms with van der Waals surface area (Å²) in [5.41, 5.74) is 0. The number of rotatable bonds is 8. The summed E-state index contributed by atoms with van der Waals surface area (Å²) in [5.74, 6) is -14.2. The SMILES string of the molecule is CC(C)OC(=O)[C@H](C)N[P+](=O)Oc1ccccc1Oc1c(F)c(F)c(F)c(F)c1F. The number of halogens is 5. The van der Waals surface area contributed by atoms with Crippen LogP contribution in [-0.4, -0.2) is 18.1 Å². The van der Waals surface area contributed by atoms with E-state index < -0.39 is 66.9 Å². The topological polar surface area (TPSA) is 73.9 Å². The standard InChI is InChI=1S/C18H16F5NO5P/c1-8(2)27-18(25)9(3)24-30(26)29-11-7-5-4-6-10(11)28-17-15(22)13(20)12(19)14(21)16(17)23/h4-9H,1-3H3,(H,24,26)/q+1/t9-/m0/s1.